The van der Waals surface area contributed by atoms with Gasteiger partial charge in [0.2, 0.25) is 10.0 Å². The van der Waals surface area contributed by atoms with Crippen LogP contribution in [0.1, 0.15) is 28.8 Å². The molecule has 1 rings (SSSR count). The maximum atomic E-state index is 12.0. The Bertz CT molecular complexity index is 557. The number of rotatable bonds is 5. The summed E-state index contributed by atoms with van der Waals surface area (Å²) in [6, 6.07) is 0. The summed E-state index contributed by atoms with van der Waals surface area (Å²) >= 11 is 0. The van der Waals surface area contributed by atoms with Crippen molar-refractivity contribution in [3.05, 3.63) is 17.1 Å². The van der Waals surface area contributed by atoms with Crippen molar-refractivity contribution < 1.29 is 27.8 Å². The third-order valence-electron chi connectivity index (χ3n) is 2.26. The molecule has 1 atom stereocenters. The summed E-state index contributed by atoms with van der Waals surface area (Å²) in [7, 11) is -4.03. The minimum atomic E-state index is -4.03. The van der Waals surface area contributed by atoms with Crippen LogP contribution in [0.25, 0.3) is 0 Å². The molecule has 1 unspecified atom stereocenters. The molecule has 0 aliphatic heterocycles. The first-order valence-electron chi connectivity index (χ1n) is 5.17. The average Bonchev–Trinajstić information content (AvgIpc) is 2.51. The quantitative estimate of drug-likeness (QED) is 0.710. The summed E-state index contributed by atoms with van der Waals surface area (Å²) in [5.74, 6) is -1.35. The van der Waals surface area contributed by atoms with Crippen molar-refractivity contribution in [1.29, 1.82) is 0 Å². The van der Waals surface area contributed by atoms with E-state index >= 15 is 0 Å². The van der Waals surface area contributed by atoms with E-state index in [1.165, 1.54) is 20.8 Å². The summed E-state index contributed by atoms with van der Waals surface area (Å²) in [6.07, 6.45) is -0.874. The lowest BCUT2D eigenvalue weighted by Gasteiger charge is -2.08. The Morgan fingerprint density at radius 1 is 1.39 bits per heavy atom. The molecule has 1 heterocycles. The number of carbonyl (C=O) groups is 1. The molecule has 0 aliphatic carbocycles. The smallest absolute Gasteiger partial charge is 0.340 e. The first-order chi connectivity index (χ1) is 8.16. The zero-order valence-corrected chi connectivity index (χ0v) is 11.0. The fourth-order valence-corrected chi connectivity index (χ4v) is 3.06. The van der Waals surface area contributed by atoms with Gasteiger partial charge in [-0.05, 0) is 20.8 Å². The molecular formula is C10H15NO6S. The topological polar surface area (TPSA) is 117 Å². The van der Waals surface area contributed by atoms with E-state index in [9.17, 15) is 13.2 Å². The van der Waals surface area contributed by atoms with Crippen molar-refractivity contribution >= 4 is 16.0 Å². The molecule has 0 bridgehead atoms. The molecule has 18 heavy (non-hydrogen) atoms. The summed E-state index contributed by atoms with van der Waals surface area (Å²) in [5.41, 5.74) is -0.384. The summed E-state index contributed by atoms with van der Waals surface area (Å²) in [5, 5.41) is 18.0. The van der Waals surface area contributed by atoms with Crippen LogP contribution in [0.4, 0.5) is 0 Å². The maximum absolute atomic E-state index is 12.0. The molecule has 1 aromatic rings. The molecule has 0 fully saturated rings. The fraction of sp³-hybridized carbons (Fsp3) is 0.500. The second kappa shape index (κ2) is 5.09. The highest BCUT2D eigenvalue weighted by molar-refractivity contribution is 7.89. The van der Waals surface area contributed by atoms with Gasteiger partial charge in [0.1, 0.15) is 22.0 Å². The second-order valence-corrected chi connectivity index (χ2v) is 5.63. The average molecular weight is 277 g/mol. The van der Waals surface area contributed by atoms with E-state index in [0.29, 0.717) is 0 Å². The predicted octanol–water partition coefficient (Wildman–Crippen LogP) is 0.254. The number of hydrogen-bond acceptors (Lipinski definition) is 5. The van der Waals surface area contributed by atoms with E-state index < -0.39 is 27.0 Å². The van der Waals surface area contributed by atoms with Crippen LogP contribution in [0.5, 0.6) is 0 Å². The number of aliphatic hydroxyl groups is 1. The molecule has 3 N–H and O–H groups in total. The zero-order chi connectivity index (χ0) is 14.1. The Morgan fingerprint density at radius 2 is 1.94 bits per heavy atom. The van der Waals surface area contributed by atoms with E-state index in [4.69, 9.17) is 14.6 Å². The number of nitrogens with one attached hydrogen (secondary N) is 1. The lowest BCUT2D eigenvalue weighted by atomic mass is 10.2. The molecule has 0 saturated heterocycles. The third-order valence-corrected chi connectivity index (χ3v) is 3.83. The van der Waals surface area contributed by atoms with Gasteiger partial charge in [-0.1, -0.05) is 0 Å². The normalized spacial score (nSPS) is 13.6. The van der Waals surface area contributed by atoms with Crippen molar-refractivity contribution in [3.63, 3.8) is 0 Å². The number of aliphatic hydroxyl groups excluding tert-OH is 1. The first kappa shape index (κ1) is 14.7. The molecule has 0 aliphatic rings. The van der Waals surface area contributed by atoms with Gasteiger partial charge < -0.3 is 14.6 Å². The molecule has 0 spiro atoms. The van der Waals surface area contributed by atoms with E-state index in [2.05, 4.69) is 4.72 Å². The van der Waals surface area contributed by atoms with E-state index in [1.807, 2.05) is 0 Å². The van der Waals surface area contributed by atoms with Crippen LogP contribution in [0, 0.1) is 13.8 Å². The Morgan fingerprint density at radius 3 is 2.39 bits per heavy atom. The van der Waals surface area contributed by atoms with Gasteiger partial charge in [-0.25, -0.2) is 17.9 Å². The van der Waals surface area contributed by atoms with Crippen molar-refractivity contribution in [3.8, 4) is 0 Å². The first-order valence-corrected chi connectivity index (χ1v) is 6.66. The van der Waals surface area contributed by atoms with Gasteiger partial charge in [0, 0.05) is 6.54 Å². The highest BCUT2D eigenvalue weighted by atomic mass is 32.2. The van der Waals surface area contributed by atoms with Crippen molar-refractivity contribution in [1.82, 2.24) is 4.72 Å². The van der Waals surface area contributed by atoms with Crippen LogP contribution >= 0.6 is 0 Å². The molecular weight excluding hydrogens is 262 g/mol. The molecule has 0 radical (unpaired) electrons. The number of aryl methyl sites for hydroxylation is 2. The highest BCUT2D eigenvalue weighted by Gasteiger charge is 2.30. The van der Waals surface area contributed by atoms with Crippen molar-refractivity contribution in [2.45, 2.75) is 31.8 Å². The van der Waals surface area contributed by atoms with E-state index in [1.54, 1.807) is 0 Å². The van der Waals surface area contributed by atoms with Gasteiger partial charge in [0.15, 0.2) is 0 Å². The number of hydrogen-bond donors (Lipinski definition) is 3. The van der Waals surface area contributed by atoms with Gasteiger partial charge in [-0.15, -0.1) is 0 Å². The lowest BCUT2D eigenvalue weighted by Crippen LogP contribution is -2.31. The molecule has 0 amide bonds. The molecule has 0 saturated carbocycles. The van der Waals surface area contributed by atoms with Crippen LogP contribution in [0.3, 0.4) is 0 Å². The largest absolute Gasteiger partial charge is 0.478 e. The minimum Gasteiger partial charge on any atom is -0.478 e. The molecule has 7 nitrogen and oxygen atoms in total. The van der Waals surface area contributed by atoms with Gasteiger partial charge >= 0.3 is 5.97 Å². The summed E-state index contributed by atoms with van der Waals surface area (Å²) in [4.78, 5) is 10.6. The Labute approximate surface area is 104 Å². The summed E-state index contributed by atoms with van der Waals surface area (Å²) < 4.78 is 31.1. The van der Waals surface area contributed by atoms with Crippen LogP contribution < -0.4 is 4.72 Å². The molecule has 8 heteroatoms. The van der Waals surface area contributed by atoms with Crippen molar-refractivity contribution in [2.24, 2.45) is 0 Å². The third kappa shape index (κ3) is 2.89. The van der Waals surface area contributed by atoms with Crippen LogP contribution in [0.2, 0.25) is 0 Å². The van der Waals surface area contributed by atoms with Gasteiger partial charge in [0.05, 0.1) is 6.10 Å². The Hall–Kier alpha value is -1.38. The van der Waals surface area contributed by atoms with Crippen molar-refractivity contribution in [2.75, 3.05) is 6.54 Å². The second-order valence-electron chi connectivity index (χ2n) is 3.92. The summed E-state index contributed by atoms with van der Waals surface area (Å²) in [6.45, 7) is 3.96. The van der Waals surface area contributed by atoms with Crippen LogP contribution in [-0.4, -0.2) is 37.2 Å². The number of carboxylic acid groups (broad SMARTS) is 1. The predicted molar refractivity (Wildman–Crippen MR) is 62.0 cm³/mol. The van der Waals surface area contributed by atoms with Gasteiger partial charge in [-0.3, -0.25) is 0 Å². The highest BCUT2D eigenvalue weighted by Crippen LogP contribution is 2.26. The SMILES string of the molecule is Cc1oc(C)c(S(=O)(=O)NCC(C)O)c1C(=O)O. The number of carboxylic acids is 1. The van der Waals surface area contributed by atoms with E-state index in [0.717, 1.165) is 0 Å². The minimum absolute atomic E-state index is 0.00277. The molecule has 1 aromatic heterocycles. The fourth-order valence-electron chi connectivity index (χ4n) is 1.54. The monoisotopic (exact) mass is 277 g/mol. The standard InChI is InChI=1S/C10H15NO6S/c1-5(12)4-11-18(15,16)9-7(3)17-6(2)8(9)10(13)14/h5,11-12H,4H2,1-3H3,(H,13,14). The number of sulfonamides is 1. The Balaban J connectivity index is 3.28. The Kier molecular flexibility index (Phi) is 4.15. The number of furan rings is 1. The lowest BCUT2D eigenvalue weighted by molar-refractivity contribution is 0.0691. The maximum Gasteiger partial charge on any atom is 0.340 e. The van der Waals surface area contributed by atoms with Gasteiger partial charge in [-0.2, -0.15) is 0 Å². The van der Waals surface area contributed by atoms with Crippen LogP contribution in [-0.2, 0) is 10.0 Å². The van der Waals surface area contributed by atoms with E-state index in [-0.39, 0.29) is 23.6 Å². The van der Waals surface area contributed by atoms with Crippen LogP contribution in [0.15, 0.2) is 9.31 Å². The van der Waals surface area contributed by atoms with Gasteiger partial charge in [0.25, 0.3) is 0 Å². The number of aromatic carboxylic acids is 1. The molecule has 102 valence electrons. The zero-order valence-electron chi connectivity index (χ0n) is 10.2. The molecule has 0 aromatic carbocycles.